The number of hydrogen-bond acceptors (Lipinski definition) is 2. The number of rotatable bonds is 3. The van der Waals surface area contributed by atoms with Gasteiger partial charge in [-0.25, -0.2) is 0 Å². The molecule has 0 unspecified atom stereocenters. The van der Waals surface area contributed by atoms with Crippen LogP contribution in [0.3, 0.4) is 0 Å². The summed E-state index contributed by atoms with van der Waals surface area (Å²) in [6, 6.07) is 0.215. The van der Waals surface area contributed by atoms with Gasteiger partial charge in [-0.05, 0) is 55.8 Å². The zero-order valence-corrected chi connectivity index (χ0v) is 14.5. The fourth-order valence-electron chi connectivity index (χ4n) is 6.27. The molecule has 7 heteroatoms. The van der Waals surface area contributed by atoms with E-state index in [1.807, 2.05) is 0 Å². The molecule has 0 spiro atoms. The van der Waals surface area contributed by atoms with Gasteiger partial charge in [-0.2, -0.15) is 13.2 Å². The van der Waals surface area contributed by atoms with Gasteiger partial charge in [0.15, 0.2) is 0 Å². The van der Waals surface area contributed by atoms with Gasteiger partial charge in [-0.15, -0.1) is 0 Å². The van der Waals surface area contributed by atoms with E-state index in [0.717, 1.165) is 16.7 Å². The smallest absolute Gasteiger partial charge is 0.342 e. The lowest BCUT2D eigenvalue weighted by Crippen LogP contribution is -2.57. The average molecular weight is 358 g/mol. The van der Waals surface area contributed by atoms with Crippen LogP contribution in [0.2, 0.25) is 0 Å². The minimum atomic E-state index is -4.42. The number of likely N-dealkylation sites (tertiary alicyclic amines) is 1. The van der Waals surface area contributed by atoms with Crippen molar-refractivity contribution < 1.29 is 22.8 Å². The maximum Gasteiger partial charge on any atom is 0.406 e. The highest BCUT2D eigenvalue weighted by Crippen LogP contribution is 2.55. The largest absolute Gasteiger partial charge is 0.406 e. The number of carbonyl (C=O) groups excluding carboxylic acids is 2. The molecule has 5 fully saturated rings. The number of amides is 2. The van der Waals surface area contributed by atoms with E-state index >= 15 is 0 Å². The molecule has 1 heterocycles. The van der Waals surface area contributed by atoms with Crippen LogP contribution in [0.4, 0.5) is 13.2 Å². The van der Waals surface area contributed by atoms with Crippen LogP contribution in [0.1, 0.15) is 38.5 Å². The molecule has 4 aliphatic carbocycles. The van der Waals surface area contributed by atoms with Crippen LogP contribution < -0.4 is 0 Å². The molecule has 5 rings (SSSR count). The van der Waals surface area contributed by atoms with Crippen LogP contribution in [0.25, 0.3) is 0 Å². The zero-order valence-electron chi connectivity index (χ0n) is 14.5. The van der Waals surface area contributed by atoms with Crippen LogP contribution in [0.5, 0.6) is 0 Å². The van der Waals surface area contributed by atoms with Crippen molar-refractivity contribution in [3.05, 3.63) is 0 Å². The average Bonchev–Trinajstić information content (AvgIpc) is 2.84. The summed E-state index contributed by atoms with van der Waals surface area (Å²) >= 11 is 0. The van der Waals surface area contributed by atoms with Crippen LogP contribution in [0, 0.1) is 29.6 Å². The zero-order chi connectivity index (χ0) is 17.9. The summed E-state index contributed by atoms with van der Waals surface area (Å²) in [5.74, 6) is 1.35. The van der Waals surface area contributed by atoms with Gasteiger partial charge in [0.05, 0.1) is 5.92 Å². The lowest BCUT2D eigenvalue weighted by atomic mass is 9.54. The third-order valence-corrected chi connectivity index (χ3v) is 6.91. The topological polar surface area (TPSA) is 40.6 Å². The summed E-state index contributed by atoms with van der Waals surface area (Å²) in [5, 5.41) is 0. The second-order valence-electron chi connectivity index (χ2n) is 8.66. The van der Waals surface area contributed by atoms with Crippen molar-refractivity contribution >= 4 is 11.8 Å². The van der Waals surface area contributed by atoms with E-state index in [4.69, 9.17) is 0 Å². The van der Waals surface area contributed by atoms with Crippen LogP contribution in [-0.2, 0) is 9.59 Å². The first-order chi connectivity index (χ1) is 11.7. The standard InChI is InChI=1S/C18H25F3N2O2/c1-22(16-12-3-10-2-11(5-12)6-13(16)4-10)17(25)14-7-15(24)23(8-14)9-18(19,20)21/h10-14,16H,2-9H2,1H3/t10?,11?,12?,13?,14-,16?/m1/s1. The maximum absolute atomic E-state index is 12.9. The van der Waals surface area contributed by atoms with E-state index < -0.39 is 24.5 Å². The monoisotopic (exact) mass is 358 g/mol. The summed E-state index contributed by atoms with van der Waals surface area (Å²) in [5.41, 5.74) is 0. The van der Waals surface area contributed by atoms with Crippen LogP contribution in [-0.4, -0.2) is 54.0 Å². The molecule has 2 amide bonds. The predicted molar refractivity (Wildman–Crippen MR) is 84.3 cm³/mol. The van der Waals surface area contributed by atoms with Gasteiger partial charge in [-0.3, -0.25) is 9.59 Å². The molecule has 1 saturated heterocycles. The first-order valence-corrected chi connectivity index (χ1v) is 9.32. The van der Waals surface area contributed by atoms with Crippen LogP contribution >= 0.6 is 0 Å². The molecule has 1 atom stereocenters. The Labute approximate surface area is 145 Å². The normalized spacial score (nSPS) is 40.0. The third kappa shape index (κ3) is 3.14. The molecule has 0 aromatic rings. The van der Waals surface area contributed by atoms with Crippen molar-refractivity contribution in [2.24, 2.45) is 29.6 Å². The fraction of sp³-hybridized carbons (Fsp3) is 0.889. The molecule has 4 saturated carbocycles. The number of hydrogen-bond donors (Lipinski definition) is 0. The summed E-state index contributed by atoms with van der Waals surface area (Å²) in [4.78, 5) is 27.3. The molecule has 5 aliphatic rings. The minimum absolute atomic E-state index is 0.0907. The Kier molecular flexibility index (Phi) is 4.03. The molecule has 4 nitrogen and oxygen atoms in total. The van der Waals surface area contributed by atoms with E-state index in [1.54, 1.807) is 11.9 Å². The van der Waals surface area contributed by atoms with Gasteiger partial charge in [-0.1, -0.05) is 0 Å². The Balaban J connectivity index is 1.42. The summed E-state index contributed by atoms with van der Waals surface area (Å²) in [7, 11) is 1.80. The molecular weight excluding hydrogens is 333 g/mol. The fourth-order valence-corrected chi connectivity index (χ4v) is 6.27. The van der Waals surface area contributed by atoms with Crippen molar-refractivity contribution in [3.8, 4) is 0 Å². The summed E-state index contributed by atoms with van der Waals surface area (Å²) < 4.78 is 37.7. The number of halogens is 3. The molecule has 1 aliphatic heterocycles. The quantitative estimate of drug-likeness (QED) is 0.778. The van der Waals surface area contributed by atoms with Gasteiger partial charge in [0.2, 0.25) is 11.8 Å². The van der Waals surface area contributed by atoms with Gasteiger partial charge in [0.25, 0.3) is 0 Å². The predicted octanol–water partition coefficient (Wildman–Crippen LogP) is 2.68. The number of carbonyl (C=O) groups is 2. The second-order valence-corrected chi connectivity index (χ2v) is 8.66. The van der Waals surface area contributed by atoms with Crippen LogP contribution in [0.15, 0.2) is 0 Å². The van der Waals surface area contributed by atoms with Crippen molar-refractivity contribution in [3.63, 3.8) is 0 Å². The molecule has 4 bridgehead atoms. The van der Waals surface area contributed by atoms with Crippen molar-refractivity contribution in [1.29, 1.82) is 0 Å². The van der Waals surface area contributed by atoms with E-state index in [1.165, 1.54) is 32.1 Å². The van der Waals surface area contributed by atoms with E-state index in [9.17, 15) is 22.8 Å². The lowest BCUT2D eigenvalue weighted by Gasteiger charge is -2.56. The highest BCUT2D eigenvalue weighted by molar-refractivity contribution is 5.89. The molecule has 0 N–H and O–H groups in total. The first kappa shape index (κ1) is 17.2. The van der Waals surface area contributed by atoms with Crippen molar-refractivity contribution in [1.82, 2.24) is 9.80 Å². The first-order valence-electron chi connectivity index (χ1n) is 9.32. The Hall–Kier alpha value is -1.27. The summed E-state index contributed by atoms with van der Waals surface area (Å²) in [6.45, 7) is -1.35. The number of alkyl halides is 3. The Bertz CT molecular complexity index is 549. The minimum Gasteiger partial charge on any atom is -0.342 e. The SMILES string of the molecule is CN(C(=O)[C@@H]1CC(=O)N(CC(F)(F)F)C1)C1C2CC3CC(C2)CC1C3. The van der Waals surface area contributed by atoms with Crippen molar-refractivity contribution in [2.75, 3.05) is 20.1 Å². The molecule has 0 aromatic heterocycles. The third-order valence-electron chi connectivity index (χ3n) is 6.91. The van der Waals surface area contributed by atoms with E-state index in [-0.39, 0.29) is 24.9 Å². The number of nitrogens with zero attached hydrogens (tertiary/aromatic N) is 2. The van der Waals surface area contributed by atoms with Gasteiger partial charge >= 0.3 is 6.18 Å². The maximum atomic E-state index is 12.9. The molecule has 0 radical (unpaired) electrons. The second kappa shape index (κ2) is 5.88. The molecular formula is C18H25F3N2O2. The highest BCUT2D eigenvalue weighted by atomic mass is 19.4. The Morgan fingerprint density at radius 2 is 1.68 bits per heavy atom. The lowest BCUT2D eigenvalue weighted by molar-refractivity contribution is -0.157. The van der Waals surface area contributed by atoms with Gasteiger partial charge in [0, 0.05) is 26.1 Å². The van der Waals surface area contributed by atoms with Crippen molar-refractivity contribution in [2.45, 2.75) is 50.7 Å². The molecule has 0 aromatic carbocycles. The van der Waals surface area contributed by atoms with Gasteiger partial charge in [0.1, 0.15) is 6.54 Å². The molecule has 140 valence electrons. The Morgan fingerprint density at radius 3 is 2.20 bits per heavy atom. The molecule has 25 heavy (non-hydrogen) atoms. The van der Waals surface area contributed by atoms with Gasteiger partial charge < -0.3 is 9.80 Å². The Morgan fingerprint density at radius 1 is 1.12 bits per heavy atom. The van der Waals surface area contributed by atoms with E-state index in [0.29, 0.717) is 11.8 Å². The van der Waals surface area contributed by atoms with E-state index in [2.05, 4.69) is 0 Å². The summed E-state index contributed by atoms with van der Waals surface area (Å²) in [6.07, 6.45) is 1.55. The highest BCUT2D eigenvalue weighted by Gasteiger charge is 2.51.